The molecule has 26 heteroatoms. The van der Waals surface area contributed by atoms with Crippen molar-refractivity contribution in [3.8, 4) is 5.75 Å². The molecule has 0 unspecified atom stereocenters. The molecule has 0 N–H and O–H groups in total. The molecule has 1 aromatic rings. The average Bonchev–Trinajstić information content (AvgIpc) is 2.64. The monoisotopic (exact) mass is 786 g/mol. The Morgan fingerprint density at radius 2 is 0.805 bits per heavy atom. The minimum atomic E-state index is -4.40. The van der Waals surface area contributed by atoms with Crippen molar-refractivity contribution in [2.45, 2.75) is 19.3 Å². The van der Waals surface area contributed by atoms with Crippen molar-refractivity contribution in [1.29, 1.82) is 0 Å². The van der Waals surface area contributed by atoms with Crippen molar-refractivity contribution in [2.24, 2.45) is 0 Å². The minimum absolute atomic E-state index is 0. The second-order valence-corrected chi connectivity index (χ2v) is 20.4. The molecule has 0 atom stereocenters. The fourth-order valence-electron chi connectivity index (χ4n) is 1.89. The fraction of sp³-hybridized carbons (Fsp3) is 0.600. The molecule has 0 aliphatic carbocycles. The molecule has 0 radical (unpaired) electrons. The molecule has 0 heterocycles. The average molecular weight is 788 g/mol. The van der Waals surface area contributed by atoms with E-state index in [-0.39, 0.29) is 89.2 Å². The van der Waals surface area contributed by atoms with Gasteiger partial charge in [-0.2, -0.15) is 8.42 Å². The second kappa shape index (κ2) is 22.1. The molecule has 0 amide bonds. The fourth-order valence-corrected chi connectivity index (χ4v) is 6.87. The number of halogens is 3. The summed E-state index contributed by atoms with van der Waals surface area (Å²) in [5, 5.41) is 0. The van der Waals surface area contributed by atoms with Gasteiger partial charge in [0.25, 0.3) is 0 Å². The van der Waals surface area contributed by atoms with Crippen molar-refractivity contribution >= 4 is 89.6 Å². The molecule has 15 nitrogen and oxygen atoms in total. The maximum Gasteiger partial charge on any atom is 1.00 e. The van der Waals surface area contributed by atoms with Crippen LogP contribution in [0.1, 0.15) is 19.3 Å². The number of hydrogen-bond donors (Lipinski definition) is 0. The molecule has 41 heavy (non-hydrogen) atoms. The van der Waals surface area contributed by atoms with Gasteiger partial charge in [-0.15, -0.1) is 0 Å². The maximum atomic E-state index is 11.4. The third kappa shape index (κ3) is 43.7. The van der Waals surface area contributed by atoms with E-state index in [0.717, 1.165) is 0 Å². The zero-order valence-corrected chi connectivity index (χ0v) is 32.6. The van der Waals surface area contributed by atoms with Gasteiger partial charge in [0.1, 0.15) is 5.75 Å². The van der Waals surface area contributed by atoms with Crippen LogP contribution < -0.4 is 63.3 Å². The molecule has 0 saturated carbocycles. The van der Waals surface area contributed by atoms with E-state index in [1.54, 1.807) is 18.2 Å². The maximum absolute atomic E-state index is 11.4. The number of benzene rings is 1. The summed E-state index contributed by atoms with van der Waals surface area (Å²) in [5.41, 5.74) is 0. The molecule has 0 aliphatic heterocycles. The topological polar surface area (TPSA) is 260 Å². The van der Waals surface area contributed by atoms with Gasteiger partial charge in [-0.3, -0.25) is 0 Å². The van der Waals surface area contributed by atoms with Crippen molar-refractivity contribution < 1.29 is 123 Å². The van der Waals surface area contributed by atoms with Gasteiger partial charge in [-0.05, 0) is 31.4 Å². The zero-order valence-electron chi connectivity index (χ0n) is 21.5. The summed E-state index contributed by atoms with van der Waals surface area (Å²) >= 11 is 0. The van der Waals surface area contributed by atoms with Crippen LogP contribution in [0.2, 0.25) is 0 Å². The summed E-state index contributed by atoms with van der Waals surface area (Å²) in [7, 11) is -8.89. The molecule has 0 fully saturated rings. The van der Waals surface area contributed by atoms with Crippen molar-refractivity contribution in [2.75, 3.05) is 34.5 Å². The summed E-state index contributed by atoms with van der Waals surface area (Å²) in [5.74, 6) is -2.97. The quantitative estimate of drug-likeness (QED) is 0.0737. The van der Waals surface area contributed by atoms with Crippen LogP contribution in [-0.4, -0.2) is 94.1 Å². The summed E-state index contributed by atoms with van der Waals surface area (Å²) in [4.78, 5) is 0. The van der Waals surface area contributed by atoms with Crippen molar-refractivity contribution in [1.82, 2.24) is 0 Å². The predicted molar refractivity (Wildman–Crippen MR) is 143 cm³/mol. The Hall–Kier alpha value is 1.51. The molecular weight excluding hydrogens is 765 g/mol. The summed E-state index contributed by atoms with van der Waals surface area (Å²) in [6.07, 6.45) is -0.601. The van der Waals surface area contributed by atoms with Crippen molar-refractivity contribution in [3.05, 3.63) is 30.3 Å². The first kappa shape index (κ1) is 49.4. The normalized spacial score (nSPS) is 12.2. The Morgan fingerprint density at radius 1 is 0.512 bits per heavy atom. The molecule has 0 aromatic heterocycles. The van der Waals surface area contributed by atoms with Crippen LogP contribution in [0.3, 0.4) is 0 Å². The van der Waals surface area contributed by atoms with Crippen LogP contribution in [0.5, 0.6) is 5.75 Å². The van der Waals surface area contributed by atoms with E-state index in [0.29, 0.717) is 0 Å². The van der Waals surface area contributed by atoms with Crippen LogP contribution in [0, 0.1) is 0 Å². The van der Waals surface area contributed by atoms with Crippen LogP contribution in [0.25, 0.3) is 0 Å². The van der Waals surface area contributed by atoms with E-state index in [9.17, 15) is 59.6 Å². The van der Waals surface area contributed by atoms with E-state index in [1.165, 1.54) is 12.1 Å². The van der Waals surface area contributed by atoms with Gasteiger partial charge in [0, 0.05) is 43.6 Å². The van der Waals surface area contributed by atoms with Crippen LogP contribution in [0.4, 0.5) is 0 Å². The number of para-hydroxylation sites is 1. The van der Waals surface area contributed by atoms with E-state index in [2.05, 4.69) is 0 Å². The molecule has 0 bridgehead atoms. The summed E-state index contributed by atoms with van der Waals surface area (Å²) in [6, 6.07) is 7.98. The molecule has 0 saturated heterocycles. The zero-order chi connectivity index (χ0) is 31.2. The first-order chi connectivity index (χ1) is 17.2. The molecule has 0 spiro atoms. The second-order valence-electron chi connectivity index (χ2n) is 6.97. The Bertz CT molecular complexity index is 1400. The smallest absolute Gasteiger partial charge is 0.748 e. The molecule has 1 rings (SSSR count). The standard InChI is InChI=1S/C9H11ClO5S2.C3H6Cl2O4S2.C3H8O6S2.2Na/c10-16(11,12)7-4-8-17(13,14)15-9-5-2-1-3-6-9;4-10(6,7)2-1-3-11(5,8)9;4-10(5,6)2-1-3-11(7,8)9;;/h1-3,5-6H,4,7-8H2;1-3H2;1-3H2,(H,4,5,6)(H,7,8,9);;/q;;;2*+1/p-2. The van der Waals surface area contributed by atoms with Gasteiger partial charge in [-0.1, -0.05) is 18.2 Å². The predicted octanol–water partition coefficient (Wildman–Crippen LogP) is -5.66. The van der Waals surface area contributed by atoms with Gasteiger partial charge in [0.2, 0.25) is 27.2 Å². The van der Waals surface area contributed by atoms with Gasteiger partial charge in [-0.25, -0.2) is 42.1 Å². The van der Waals surface area contributed by atoms with E-state index >= 15 is 0 Å². The van der Waals surface area contributed by atoms with E-state index < -0.39 is 86.9 Å². The van der Waals surface area contributed by atoms with Gasteiger partial charge >= 0.3 is 69.2 Å². The minimum Gasteiger partial charge on any atom is -0.748 e. The molecule has 1 aromatic carbocycles. The first-order valence-corrected chi connectivity index (χ1v) is 22.0. The van der Waals surface area contributed by atoms with Crippen LogP contribution in [0.15, 0.2) is 30.3 Å². The first-order valence-electron chi connectivity index (χ1n) is 9.81. The Kier molecular flexibility index (Phi) is 26.6. The van der Waals surface area contributed by atoms with E-state index in [4.69, 9.17) is 36.2 Å². The summed E-state index contributed by atoms with van der Waals surface area (Å²) < 4.78 is 149. The number of hydrogen-bond acceptors (Lipinski definition) is 15. The Balaban J connectivity index is -0.000000254. The third-order valence-corrected chi connectivity index (χ3v) is 9.84. The molecule has 0 aliphatic rings. The number of rotatable bonds is 14. The van der Waals surface area contributed by atoms with E-state index in [1.807, 2.05) is 0 Å². The Labute approximate surface area is 298 Å². The van der Waals surface area contributed by atoms with Gasteiger partial charge in [0.15, 0.2) is 0 Å². The largest absolute Gasteiger partial charge is 1.00 e. The van der Waals surface area contributed by atoms with Crippen LogP contribution >= 0.6 is 32.0 Å². The van der Waals surface area contributed by atoms with Gasteiger partial charge in [0.05, 0.1) is 43.2 Å². The Morgan fingerprint density at radius 3 is 1.10 bits per heavy atom. The third-order valence-electron chi connectivity index (χ3n) is 3.31. The van der Waals surface area contributed by atoms with Crippen LogP contribution in [-0.2, 0) is 57.5 Å². The summed E-state index contributed by atoms with van der Waals surface area (Å²) in [6.45, 7) is 0. The van der Waals surface area contributed by atoms with Crippen molar-refractivity contribution in [3.63, 3.8) is 0 Å². The molecule has 232 valence electrons. The van der Waals surface area contributed by atoms with Gasteiger partial charge < -0.3 is 13.3 Å². The molecular formula is C15H23Cl3Na2O15S6. The SMILES string of the molecule is O=S(=O)(Cl)CCCS(=O)(=O)Cl.O=S(=O)(Cl)CCCS(=O)(=O)Oc1ccccc1.O=S(=O)([O-])CCCS(=O)(=O)[O-].[Na+].[Na+].